The van der Waals surface area contributed by atoms with Crippen LogP contribution in [0.3, 0.4) is 0 Å². The van der Waals surface area contributed by atoms with Crippen molar-refractivity contribution in [2.45, 2.75) is 34.1 Å². The van der Waals surface area contributed by atoms with Crippen LogP contribution in [0.1, 0.15) is 34.1 Å². The van der Waals surface area contributed by atoms with E-state index in [2.05, 4.69) is 5.48 Å². The molecule has 2 N–H and O–H groups in total. The molecule has 0 aromatic carbocycles. The van der Waals surface area contributed by atoms with Crippen molar-refractivity contribution < 1.29 is 19.5 Å². The van der Waals surface area contributed by atoms with Gasteiger partial charge >= 0.3 is 5.97 Å². The van der Waals surface area contributed by atoms with Crippen LogP contribution in [-0.4, -0.2) is 23.6 Å². The van der Waals surface area contributed by atoms with Crippen molar-refractivity contribution in [1.29, 1.82) is 0 Å². The number of amides is 1. The summed E-state index contributed by atoms with van der Waals surface area (Å²) in [6.07, 6.45) is -0.0968. The molecule has 5 nitrogen and oxygen atoms in total. The Morgan fingerprint density at radius 1 is 1.40 bits per heavy atom. The van der Waals surface area contributed by atoms with Gasteiger partial charge in [0.25, 0.3) is 0 Å². The van der Waals surface area contributed by atoms with Gasteiger partial charge in [0, 0.05) is 6.42 Å². The molecular weight excluding hydrogens is 198 g/mol. The highest BCUT2D eigenvalue weighted by Gasteiger charge is 2.30. The molecule has 0 aromatic rings. The molecule has 0 atom stereocenters. The van der Waals surface area contributed by atoms with Gasteiger partial charge in [-0.25, -0.2) is 5.48 Å². The lowest BCUT2D eigenvalue weighted by Crippen LogP contribution is -2.34. The Kier molecular flexibility index (Phi) is 5.28. The van der Waals surface area contributed by atoms with E-state index in [-0.39, 0.29) is 6.42 Å². The second-order valence-corrected chi connectivity index (χ2v) is 4.60. The third kappa shape index (κ3) is 6.06. The third-order valence-corrected chi connectivity index (χ3v) is 1.78. The SMILES string of the molecule is CC(C)CONC(=O)CC(C)(C)C(=O)O. The van der Waals surface area contributed by atoms with Crippen LogP contribution in [0.2, 0.25) is 0 Å². The van der Waals surface area contributed by atoms with E-state index in [9.17, 15) is 9.59 Å². The van der Waals surface area contributed by atoms with Crippen molar-refractivity contribution in [3.05, 3.63) is 0 Å². The molecular formula is C10H19NO4. The van der Waals surface area contributed by atoms with Crippen LogP contribution in [0, 0.1) is 11.3 Å². The minimum absolute atomic E-state index is 0.0968. The summed E-state index contributed by atoms with van der Waals surface area (Å²) in [5.41, 5.74) is 1.16. The van der Waals surface area contributed by atoms with Crippen molar-refractivity contribution in [1.82, 2.24) is 5.48 Å². The lowest BCUT2D eigenvalue weighted by atomic mass is 9.89. The Bertz CT molecular complexity index is 236. The Hall–Kier alpha value is -1.10. The molecule has 0 aliphatic rings. The number of hydrogen-bond acceptors (Lipinski definition) is 3. The highest BCUT2D eigenvalue weighted by atomic mass is 16.6. The van der Waals surface area contributed by atoms with Crippen molar-refractivity contribution in [2.24, 2.45) is 11.3 Å². The number of carboxylic acid groups (broad SMARTS) is 1. The molecule has 5 heteroatoms. The molecule has 0 aliphatic heterocycles. The van der Waals surface area contributed by atoms with Crippen molar-refractivity contribution in [3.8, 4) is 0 Å². The number of carboxylic acids is 1. The molecule has 0 saturated carbocycles. The first-order valence-corrected chi connectivity index (χ1v) is 4.89. The van der Waals surface area contributed by atoms with Gasteiger partial charge in [-0.15, -0.1) is 0 Å². The van der Waals surface area contributed by atoms with Crippen LogP contribution < -0.4 is 5.48 Å². The Balaban J connectivity index is 3.89. The monoisotopic (exact) mass is 217 g/mol. The first-order valence-electron chi connectivity index (χ1n) is 4.89. The highest BCUT2D eigenvalue weighted by molar-refractivity contribution is 5.83. The molecule has 0 aliphatic carbocycles. The van der Waals surface area contributed by atoms with Crippen LogP contribution >= 0.6 is 0 Å². The van der Waals surface area contributed by atoms with E-state index in [0.29, 0.717) is 12.5 Å². The zero-order valence-corrected chi connectivity index (χ0v) is 9.66. The zero-order chi connectivity index (χ0) is 12.1. The van der Waals surface area contributed by atoms with Crippen LogP contribution in [0.25, 0.3) is 0 Å². The molecule has 0 unspecified atom stereocenters. The number of carbonyl (C=O) groups is 2. The number of nitrogens with one attached hydrogen (secondary N) is 1. The highest BCUT2D eigenvalue weighted by Crippen LogP contribution is 2.19. The number of carbonyl (C=O) groups excluding carboxylic acids is 1. The van der Waals surface area contributed by atoms with Crippen molar-refractivity contribution >= 4 is 11.9 Å². The van der Waals surface area contributed by atoms with Gasteiger partial charge in [-0.2, -0.15) is 0 Å². The number of rotatable bonds is 6. The van der Waals surface area contributed by atoms with E-state index in [4.69, 9.17) is 9.94 Å². The molecule has 0 saturated heterocycles. The molecule has 0 aromatic heterocycles. The summed E-state index contributed by atoms with van der Waals surface area (Å²) in [6.45, 7) is 7.31. The van der Waals surface area contributed by atoms with Crippen LogP contribution in [0.15, 0.2) is 0 Å². The molecule has 0 heterocycles. The molecule has 88 valence electrons. The first kappa shape index (κ1) is 13.9. The van der Waals surface area contributed by atoms with Gasteiger partial charge in [0.05, 0.1) is 12.0 Å². The van der Waals surface area contributed by atoms with Gasteiger partial charge < -0.3 is 5.11 Å². The quantitative estimate of drug-likeness (QED) is 0.655. The zero-order valence-electron chi connectivity index (χ0n) is 9.66. The standard InChI is InChI=1S/C10H19NO4/c1-7(2)6-15-11-8(12)5-10(3,4)9(13)14/h7H,5-6H2,1-4H3,(H,11,12)(H,13,14). The lowest BCUT2D eigenvalue weighted by Gasteiger charge is -2.18. The Labute approximate surface area is 89.8 Å². The number of hydrogen-bond donors (Lipinski definition) is 2. The molecule has 0 rings (SSSR count). The summed E-state index contributed by atoms with van der Waals surface area (Å²) in [6, 6.07) is 0. The van der Waals surface area contributed by atoms with Crippen molar-refractivity contribution in [2.75, 3.05) is 6.61 Å². The van der Waals surface area contributed by atoms with Crippen LogP contribution in [-0.2, 0) is 14.4 Å². The maximum atomic E-state index is 11.2. The van der Waals surface area contributed by atoms with Gasteiger partial charge in [0.1, 0.15) is 0 Å². The maximum Gasteiger partial charge on any atom is 0.309 e. The average Bonchev–Trinajstić information content (AvgIpc) is 2.01. The minimum Gasteiger partial charge on any atom is -0.481 e. The molecule has 0 fully saturated rings. The largest absolute Gasteiger partial charge is 0.481 e. The molecule has 0 bridgehead atoms. The summed E-state index contributed by atoms with van der Waals surface area (Å²) in [7, 11) is 0. The second-order valence-electron chi connectivity index (χ2n) is 4.60. The predicted octanol–water partition coefficient (Wildman–Crippen LogP) is 1.19. The normalized spacial score (nSPS) is 11.5. The summed E-state index contributed by atoms with van der Waals surface area (Å²) >= 11 is 0. The van der Waals surface area contributed by atoms with Crippen molar-refractivity contribution in [3.63, 3.8) is 0 Å². The summed E-state index contributed by atoms with van der Waals surface area (Å²) in [5, 5.41) is 8.78. The van der Waals surface area contributed by atoms with E-state index >= 15 is 0 Å². The van der Waals surface area contributed by atoms with E-state index in [1.807, 2.05) is 13.8 Å². The second kappa shape index (κ2) is 5.70. The Morgan fingerprint density at radius 3 is 2.33 bits per heavy atom. The third-order valence-electron chi connectivity index (χ3n) is 1.78. The number of hydroxylamine groups is 1. The molecule has 0 spiro atoms. The lowest BCUT2D eigenvalue weighted by molar-refractivity contribution is -0.152. The van der Waals surface area contributed by atoms with Crippen LogP contribution in [0.5, 0.6) is 0 Å². The molecule has 15 heavy (non-hydrogen) atoms. The van der Waals surface area contributed by atoms with Gasteiger partial charge in [-0.1, -0.05) is 13.8 Å². The summed E-state index contributed by atoms with van der Waals surface area (Å²) < 4.78 is 0. The fourth-order valence-corrected chi connectivity index (χ4v) is 0.802. The van der Waals surface area contributed by atoms with Gasteiger partial charge in [-0.3, -0.25) is 14.4 Å². The smallest absolute Gasteiger partial charge is 0.309 e. The van der Waals surface area contributed by atoms with E-state index < -0.39 is 17.3 Å². The molecule has 0 radical (unpaired) electrons. The van der Waals surface area contributed by atoms with Gasteiger partial charge in [0.15, 0.2) is 0 Å². The number of aliphatic carboxylic acids is 1. The fraction of sp³-hybridized carbons (Fsp3) is 0.800. The fourth-order valence-electron chi connectivity index (χ4n) is 0.802. The van der Waals surface area contributed by atoms with E-state index in [1.165, 1.54) is 13.8 Å². The minimum atomic E-state index is -1.06. The van der Waals surface area contributed by atoms with Crippen LogP contribution in [0.4, 0.5) is 0 Å². The average molecular weight is 217 g/mol. The van der Waals surface area contributed by atoms with Gasteiger partial charge in [0.2, 0.25) is 5.91 Å². The predicted molar refractivity (Wildman–Crippen MR) is 55.0 cm³/mol. The Morgan fingerprint density at radius 2 is 1.93 bits per heavy atom. The maximum absolute atomic E-state index is 11.2. The first-order chi connectivity index (χ1) is 6.75. The van der Waals surface area contributed by atoms with Gasteiger partial charge in [-0.05, 0) is 19.8 Å². The summed E-state index contributed by atoms with van der Waals surface area (Å²) in [5.74, 6) is -1.10. The topological polar surface area (TPSA) is 75.6 Å². The van der Waals surface area contributed by atoms with E-state index in [1.54, 1.807) is 0 Å². The molecule has 1 amide bonds. The summed E-state index contributed by atoms with van der Waals surface area (Å²) in [4.78, 5) is 26.9. The van der Waals surface area contributed by atoms with E-state index in [0.717, 1.165) is 0 Å².